The van der Waals surface area contributed by atoms with Gasteiger partial charge in [0.25, 0.3) is 0 Å². The topological polar surface area (TPSA) is 17.1 Å². The molecule has 0 amide bonds. The summed E-state index contributed by atoms with van der Waals surface area (Å²) in [4.78, 5) is 11.2. The van der Waals surface area contributed by atoms with E-state index >= 15 is 0 Å². The molecule has 0 spiro atoms. The Labute approximate surface area is 106 Å². The van der Waals surface area contributed by atoms with Crippen LogP contribution in [0.4, 0.5) is 4.39 Å². The molecular formula is C16H15FO. The molecule has 0 aliphatic rings. The summed E-state index contributed by atoms with van der Waals surface area (Å²) in [6.07, 6.45) is 0. The molecule has 0 heterocycles. The summed E-state index contributed by atoms with van der Waals surface area (Å²) in [6.45, 7) is 2.57. The maximum absolute atomic E-state index is 14.1. The van der Waals surface area contributed by atoms with Crippen molar-refractivity contribution in [3.8, 4) is 11.1 Å². The SMILES string of the molecule is CC(=O)C(C)(F)c1ccc(-c2ccccc2)cc1. The zero-order valence-corrected chi connectivity index (χ0v) is 10.5. The van der Waals surface area contributed by atoms with Crippen LogP contribution in [-0.2, 0) is 10.5 Å². The van der Waals surface area contributed by atoms with Crippen LogP contribution in [0.25, 0.3) is 11.1 Å². The van der Waals surface area contributed by atoms with Gasteiger partial charge in [-0.05, 0) is 30.5 Å². The molecule has 92 valence electrons. The van der Waals surface area contributed by atoms with E-state index in [2.05, 4.69) is 0 Å². The van der Waals surface area contributed by atoms with Crippen molar-refractivity contribution in [2.24, 2.45) is 0 Å². The summed E-state index contributed by atoms with van der Waals surface area (Å²) >= 11 is 0. The third kappa shape index (κ3) is 2.33. The normalized spacial score (nSPS) is 13.9. The maximum Gasteiger partial charge on any atom is 0.190 e. The van der Waals surface area contributed by atoms with Crippen LogP contribution in [-0.4, -0.2) is 5.78 Å². The lowest BCUT2D eigenvalue weighted by molar-refractivity contribution is -0.127. The summed E-state index contributed by atoms with van der Waals surface area (Å²) in [5.74, 6) is -0.477. The first kappa shape index (κ1) is 12.5. The van der Waals surface area contributed by atoms with Gasteiger partial charge in [-0.1, -0.05) is 54.6 Å². The summed E-state index contributed by atoms with van der Waals surface area (Å²) in [5.41, 5.74) is 0.579. The first-order valence-corrected chi connectivity index (χ1v) is 5.88. The summed E-state index contributed by atoms with van der Waals surface area (Å²) < 4.78 is 14.1. The van der Waals surface area contributed by atoms with Crippen molar-refractivity contribution in [1.29, 1.82) is 0 Å². The molecular weight excluding hydrogens is 227 g/mol. The summed E-state index contributed by atoms with van der Waals surface area (Å²) in [7, 11) is 0. The first-order chi connectivity index (χ1) is 8.51. The van der Waals surface area contributed by atoms with E-state index in [0.717, 1.165) is 11.1 Å². The molecule has 0 fully saturated rings. The van der Waals surface area contributed by atoms with Gasteiger partial charge in [-0.3, -0.25) is 4.79 Å². The van der Waals surface area contributed by atoms with Crippen LogP contribution in [0.15, 0.2) is 54.6 Å². The average Bonchev–Trinajstić information content (AvgIpc) is 2.40. The van der Waals surface area contributed by atoms with Crippen molar-refractivity contribution in [3.63, 3.8) is 0 Å². The van der Waals surface area contributed by atoms with Crippen LogP contribution in [0, 0.1) is 0 Å². The fraction of sp³-hybridized carbons (Fsp3) is 0.188. The van der Waals surface area contributed by atoms with Gasteiger partial charge >= 0.3 is 0 Å². The predicted molar refractivity (Wildman–Crippen MR) is 71.0 cm³/mol. The van der Waals surface area contributed by atoms with Gasteiger partial charge in [0.05, 0.1) is 0 Å². The number of carbonyl (C=O) groups is 1. The number of carbonyl (C=O) groups excluding carboxylic acids is 1. The highest BCUT2D eigenvalue weighted by atomic mass is 19.1. The number of ketones is 1. The molecule has 0 saturated heterocycles. The number of hydrogen-bond donors (Lipinski definition) is 0. The highest BCUT2D eigenvalue weighted by Gasteiger charge is 2.31. The highest BCUT2D eigenvalue weighted by molar-refractivity contribution is 5.86. The lowest BCUT2D eigenvalue weighted by Gasteiger charge is -2.17. The predicted octanol–water partition coefficient (Wildman–Crippen LogP) is 4.13. The summed E-state index contributed by atoms with van der Waals surface area (Å²) in [5, 5.41) is 0. The van der Waals surface area contributed by atoms with E-state index in [1.807, 2.05) is 42.5 Å². The fourth-order valence-electron chi connectivity index (χ4n) is 1.81. The van der Waals surface area contributed by atoms with E-state index < -0.39 is 11.5 Å². The minimum absolute atomic E-state index is 0.398. The number of halogens is 1. The lowest BCUT2D eigenvalue weighted by atomic mass is 9.92. The Hall–Kier alpha value is -1.96. The lowest BCUT2D eigenvalue weighted by Crippen LogP contribution is -2.24. The monoisotopic (exact) mass is 242 g/mol. The Bertz CT molecular complexity index is 541. The Balaban J connectivity index is 2.35. The number of Topliss-reactive ketones (excluding diaryl/α,β-unsaturated/α-hetero) is 1. The summed E-state index contributed by atoms with van der Waals surface area (Å²) in [6, 6.07) is 16.9. The Morgan fingerprint density at radius 1 is 0.944 bits per heavy atom. The minimum atomic E-state index is -1.91. The van der Waals surface area contributed by atoms with Gasteiger partial charge in [0.1, 0.15) is 0 Å². The molecule has 2 aromatic rings. The van der Waals surface area contributed by atoms with E-state index in [1.54, 1.807) is 12.1 Å². The molecule has 1 atom stereocenters. The van der Waals surface area contributed by atoms with Crippen LogP contribution >= 0.6 is 0 Å². The van der Waals surface area contributed by atoms with Gasteiger partial charge in [-0.2, -0.15) is 0 Å². The number of rotatable bonds is 3. The van der Waals surface area contributed by atoms with Gasteiger partial charge in [0.2, 0.25) is 0 Å². The van der Waals surface area contributed by atoms with Crippen molar-refractivity contribution in [2.75, 3.05) is 0 Å². The molecule has 0 aromatic heterocycles. The minimum Gasteiger partial charge on any atom is -0.296 e. The van der Waals surface area contributed by atoms with Gasteiger partial charge < -0.3 is 0 Å². The first-order valence-electron chi connectivity index (χ1n) is 5.88. The fourth-order valence-corrected chi connectivity index (χ4v) is 1.81. The van der Waals surface area contributed by atoms with Crippen molar-refractivity contribution in [2.45, 2.75) is 19.5 Å². The van der Waals surface area contributed by atoms with Gasteiger partial charge in [-0.15, -0.1) is 0 Å². The molecule has 2 heteroatoms. The van der Waals surface area contributed by atoms with E-state index in [9.17, 15) is 9.18 Å². The second-order valence-electron chi connectivity index (χ2n) is 4.50. The molecule has 0 saturated carbocycles. The molecule has 1 unspecified atom stereocenters. The maximum atomic E-state index is 14.1. The molecule has 0 radical (unpaired) electrons. The molecule has 2 aromatic carbocycles. The third-order valence-corrected chi connectivity index (χ3v) is 3.20. The third-order valence-electron chi connectivity index (χ3n) is 3.20. The molecule has 0 aliphatic heterocycles. The smallest absolute Gasteiger partial charge is 0.190 e. The van der Waals surface area contributed by atoms with Gasteiger partial charge in [0.15, 0.2) is 11.5 Å². The van der Waals surface area contributed by atoms with Crippen LogP contribution in [0.3, 0.4) is 0 Å². The van der Waals surface area contributed by atoms with E-state index in [1.165, 1.54) is 13.8 Å². The van der Waals surface area contributed by atoms with Crippen molar-refractivity contribution in [1.82, 2.24) is 0 Å². The Morgan fingerprint density at radius 2 is 1.44 bits per heavy atom. The zero-order chi connectivity index (χ0) is 13.2. The molecule has 1 nitrogen and oxygen atoms in total. The van der Waals surface area contributed by atoms with E-state index in [0.29, 0.717) is 5.56 Å². The number of benzene rings is 2. The number of alkyl halides is 1. The second kappa shape index (κ2) is 4.73. The molecule has 2 rings (SSSR count). The molecule has 0 N–H and O–H groups in total. The largest absolute Gasteiger partial charge is 0.296 e. The van der Waals surface area contributed by atoms with Gasteiger partial charge in [-0.25, -0.2) is 4.39 Å². The van der Waals surface area contributed by atoms with Crippen LogP contribution in [0.5, 0.6) is 0 Å². The van der Waals surface area contributed by atoms with Crippen LogP contribution in [0.2, 0.25) is 0 Å². The van der Waals surface area contributed by atoms with E-state index in [4.69, 9.17) is 0 Å². The van der Waals surface area contributed by atoms with E-state index in [-0.39, 0.29) is 0 Å². The highest BCUT2D eigenvalue weighted by Crippen LogP contribution is 2.28. The van der Waals surface area contributed by atoms with Crippen molar-refractivity contribution < 1.29 is 9.18 Å². The zero-order valence-electron chi connectivity index (χ0n) is 10.5. The second-order valence-corrected chi connectivity index (χ2v) is 4.50. The van der Waals surface area contributed by atoms with Crippen molar-refractivity contribution >= 4 is 5.78 Å². The van der Waals surface area contributed by atoms with Crippen LogP contribution < -0.4 is 0 Å². The van der Waals surface area contributed by atoms with Gasteiger partial charge in [0, 0.05) is 0 Å². The Morgan fingerprint density at radius 3 is 1.94 bits per heavy atom. The standard InChI is InChI=1S/C16H15FO/c1-12(18)16(2,17)15-10-8-14(9-11-15)13-6-4-3-5-7-13/h3-11H,1-2H3. The average molecular weight is 242 g/mol. The number of hydrogen-bond acceptors (Lipinski definition) is 1. The quantitative estimate of drug-likeness (QED) is 0.791. The van der Waals surface area contributed by atoms with Crippen LogP contribution in [0.1, 0.15) is 19.4 Å². The Kier molecular flexibility index (Phi) is 3.28. The van der Waals surface area contributed by atoms with Crippen molar-refractivity contribution in [3.05, 3.63) is 60.2 Å². The molecule has 18 heavy (non-hydrogen) atoms. The molecule has 0 bridgehead atoms. The molecule has 0 aliphatic carbocycles.